The maximum absolute atomic E-state index is 5.96. The summed E-state index contributed by atoms with van der Waals surface area (Å²) in [6, 6.07) is 1.86. The molecule has 96 valence electrons. The minimum absolute atomic E-state index is 0. The summed E-state index contributed by atoms with van der Waals surface area (Å²) in [5.74, 6) is 0. The van der Waals surface area contributed by atoms with Gasteiger partial charge in [-0.25, -0.2) is 9.97 Å². The van der Waals surface area contributed by atoms with Gasteiger partial charge in [-0.1, -0.05) is 23.4 Å². The molecule has 17 heavy (non-hydrogen) atoms. The van der Waals surface area contributed by atoms with E-state index in [0.717, 1.165) is 23.3 Å². The number of rotatable bonds is 3. The van der Waals surface area contributed by atoms with Crippen molar-refractivity contribution < 1.29 is 0 Å². The van der Waals surface area contributed by atoms with Crippen LogP contribution in [0.3, 0.4) is 0 Å². The second-order valence-corrected chi connectivity index (χ2v) is 6.06. The first-order valence-corrected chi connectivity index (χ1v) is 7.72. The molecule has 1 saturated heterocycles. The topological polar surface area (TPSA) is 37.8 Å². The molecule has 0 radical (unpaired) electrons. The van der Waals surface area contributed by atoms with Crippen LogP contribution in [0.4, 0.5) is 0 Å². The molecule has 0 aromatic carbocycles. The highest BCUT2D eigenvalue weighted by atomic mass is 35.5. The van der Waals surface area contributed by atoms with Crippen molar-refractivity contribution in [3.8, 4) is 0 Å². The fourth-order valence-corrected chi connectivity index (χ4v) is 3.48. The maximum Gasteiger partial charge on any atom is 0.189 e. The molecule has 1 N–H and O–H groups in total. The number of piperidine rings is 1. The van der Waals surface area contributed by atoms with Crippen LogP contribution in [-0.2, 0) is 0 Å². The molecule has 3 nitrogen and oxygen atoms in total. The van der Waals surface area contributed by atoms with E-state index < -0.39 is 0 Å². The molecular formula is C10H15Cl2N3S2. The summed E-state index contributed by atoms with van der Waals surface area (Å²) in [5.41, 5.74) is 0. The first-order valence-electron chi connectivity index (χ1n) is 5.24. The zero-order valence-electron chi connectivity index (χ0n) is 9.48. The van der Waals surface area contributed by atoms with Crippen LogP contribution in [0.1, 0.15) is 12.8 Å². The van der Waals surface area contributed by atoms with Crippen LogP contribution in [0.25, 0.3) is 0 Å². The van der Waals surface area contributed by atoms with E-state index in [1.807, 2.05) is 24.1 Å². The third-order valence-electron chi connectivity index (χ3n) is 2.41. The Kier molecular flexibility index (Phi) is 6.95. The van der Waals surface area contributed by atoms with Gasteiger partial charge in [0, 0.05) is 11.3 Å². The predicted molar refractivity (Wildman–Crippen MR) is 77.8 cm³/mol. The van der Waals surface area contributed by atoms with Gasteiger partial charge in [0.25, 0.3) is 0 Å². The largest absolute Gasteiger partial charge is 0.317 e. The third kappa shape index (κ3) is 4.83. The Morgan fingerprint density at radius 3 is 2.71 bits per heavy atom. The van der Waals surface area contributed by atoms with E-state index in [4.69, 9.17) is 11.6 Å². The fraction of sp³-hybridized carbons (Fsp3) is 0.600. The third-order valence-corrected chi connectivity index (χ3v) is 4.40. The predicted octanol–water partition coefficient (Wildman–Crippen LogP) is 3.12. The zero-order valence-corrected chi connectivity index (χ0v) is 12.7. The lowest BCUT2D eigenvalue weighted by atomic mass is 10.2. The van der Waals surface area contributed by atoms with E-state index in [-0.39, 0.29) is 12.4 Å². The molecule has 1 fully saturated rings. The highest BCUT2D eigenvalue weighted by Crippen LogP contribution is 2.29. The maximum atomic E-state index is 5.96. The summed E-state index contributed by atoms with van der Waals surface area (Å²) in [5, 5.41) is 6.30. The van der Waals surface area contributed by atoms with E-state index in [1.165, 1.54) is 24.6 Å². The fourth-order valence-electron chi connectivity index (χ4n) is 1.61. The highest BCUT2D eigenvalue weighted by molar-refractivity contribution is 8.00. The van der Waals surface area contributed by atoms with E-state index >= 15 is 0 Å². The smallest absolute Gasteiger partial charge is 0.189 e. The van der Waals surface area contributed by atoms with Gasteiger partial charge in [-0.3, -0.25) is 0 Å². The van der Waals surface area contributed by atoms with Crippen LogP contribution in [0.5, 0.6) is 0 Å². The molecular weight excluding hydrogens is 297 g/mol. The lowest BCUT2D eigenvalue weighted by molar-refractivity contribution is 0.531. The van der Waals surface area contributed by atoms with E-state index in [2.05, 4.69) is 15.3 Å². The number of nitrogens with zero attached hydrogens (tertiary/aromatic N) is 2. The van der Waals surface area contributed by atoms with Crippen molar-refractivity contribution >= 4 is 47.5 Å². The monoisotopic (exact) mass is 311 g/mol. The van der Waals surface area contributed by atoms with Crippen LogP contribution in [-0.4, -0.2) is 34.6 Å². The molecule has 1 aliphatic heterocycles. The van der Waals surface area contributed by atoms with Gasteiger partial charge in [-0.2, -0.15) is 0 Å². The average Bonchev–Trinajstić information content (AvgIpc) is 2.29. The summed E-state index contributed by atoms with van der Waals surface area (Å²) in [4.78, 5) is 8.59. The molecule has 1 aromatic heterocycles. The van der Waals surface area contributed by atoms with E-state index in [9.17, 15) is 0 Å². The van der Waals surface area contributed by atoms with Crippen molar-refractivity contribution in [1.29, 1.82) is 0 Å². The Hall–Kier alpha value is 0.320. The Morgan fingerprint density at radius 2 is 2.06 bits per heavy atom. The molecule has 2 rings (SSSR count). The molecule has 0 unspecified atom stereocenters. The quantitative estimate of drug-likeness (QED) is 0.527. The summed E-state index contributed by atoms with van der Waals surface area (Å²) in [7, 11) is 0. The Balaban J connectivity index is 0.00000144. The van der Waals surface area contributed by atoms with Crippen molar-refractivity contribution in [2.24, 2.45) is 0 Å². The van der Waals surface area contributed by atoms with Crippen molar-refractivity contribution in [3.63, 3.8) is 0 Å². The second kappa shape index (κ2) is 7.69. The minimum Gasteiger partial charge on any atom is -0.317 e. The van der Waals surface area contributed by atoms with Gasteiger partial charge in [-0.05, 0) is 32.2 Å². The lowest BCUT2D eigenvalue weighted by Crippen LogP contribution is -2.29. The van der Waals surface area contributed by atoms with E-state index in [1.54, 1.807) is 0 Å². The summed E-state index contributed by atoms with van der Waals surface area (Å²) < 4.78 is 0. The SMILES string of the molecule is CSc1nc(Cl)cc(SC2CCNCC2)n1.Cl. The van der Waals surface area contributed by atoms with Crippen LogP contribution in [0, 0.1) is 0 Å². The molecule has 1 aliphatic rings. The molecule has 0 spiro atoms. The molecule has 0 atom stereocenters. The number of nitrogens with one attached hydrogen (secondary N) is 1. The minimum atomic E-state index is 0. The molecule has 1 aromatic rings. The van der Waals surface area contributed by atoms with Crippen LogP contribution in [0.2, 0.25) is 5.15 Å². The van der Waals surface area contributed by atoms with E-state index in [0.29, 0.717) is 10.4 Å². The molecule has 0 bridgehead atoms. The second-order valence-electron chi connectivity index (χ2n) is 3.58. The molecule has 0 saturated carbocycles. The Bertz CT molecular complexity index is 359. The van der Waals surface area contributed by atoms with Gasteiger partial charge in [-0.15, -0.1) is 24.2 Å². The van der Waals surface area contributed by atoms with Gasteiger partial charge in [0.15, 0.2) is 5.16 Å². The first-order chi connectivity index (χ1) is 7.78. The van der Waals surface area contributed by atoms with Gasteiger partial charge in [0.2, 0.25) is 0 Å². The average molecular weight is 312 g/mol. The summed E-state index contributed by atoms with van der Waals surface area (Å²) in [6.07, 6.45) is 4.35. The van der Waals surface area contributed by atoms with Crippen molar-refractivity contribution in [1.82, 2.24) is 15.3 Å². The number of aromatic nitrogens is 2. The van der Waals surface area contributed by atoms with Gasteiger partial charge < -0.3 is 5.32 Å². The number of hydrogen-bond donors (Lipinski definition) is 1. The molecule has 0 amide bonds. The van der Waals surface area contributed by atoms with Crippen LogP contribution in [0.15, 0.2) is 16.2 Å². The first kappa shape index (κ1) is 15.4. The normalized spacial score (nSPS) is 16.6. The number of hydrogen-bond acceptors (Lipinski definition) is 5. The van der Waals surface area contributed by atoms with Crippen molar-refractivity contribution in [3.05, 3.63) is 11.2 Å². The molecule has 0 aliphatic carbocycles. The van der Waals surface area contributed by atoms with Crippen LogP contribution >= 0.6 is 47.5 Å². The van der Waals surface area contributed by atoms with Crippen molar-refractivity contribution in [2.45, 2.75) is 28.3 Å². The van der Waals surface area contributed by atoms with Crippen molar-refractivity contribution in [2.75, 3.05) is 19.3 Å². The highest BCUT2D eigenvalue weighted by Gasteiger charge is 2.15. The van der Waals surface area contributed by atoms with Crippen LogP contribution < -0.4 is 5.32 Å². The Labute approximate surface area is 121 Å². The number of thioether (sulfide) groups is 2. The molecule has 2 heterocycles. The Morgan fingerprint density at radius 1 is 1.35 bits per heavy atom. The lowest BCUT2D eigenvalue weighted by Gasteiger charge is -2.21. The van der Waals surface area contributed by atoms with Gasteiger partial charge in [0.1, 0.15) is 10.2 Å². The van der Waals surface area contributed by atoms with Gasteiger partial charge in [0.05, 0.1) is 0 Å². The standard InChI is InChI=1S/C10H14ClN3S2.ClH/c1-15-10-13-8(11)6-9(14-10)16-7-2-4-12-5-3-7;/h6-7,12H,2-5H2,1H3;1H. The molecule has 7 heteroatoms. The number of halogens is 2. The summed E-state index contributed by atoms with van der Waals surface area (Å²) in [6.45, 7) is 2.21. The van der Waals surface area contributed by atoms with Gasteiger partial charge >= 0.3 is 0 Å². The zero-order chi connectivity index (χ0) is 11.4. The summed E-state index contributed by atoms with van der Waals surface area (Å²) >= 11 is 9.30.